The van der Waals surface area contributed by atoms with Crippen molar-refractivity contribution in [3.05, 3.63) is 42.2 Å². The van der Waals surface area contributed by atoms with Gasteiger partial charge in [-0.25, -0.2) is 0 Å². The number of benzene rings is 1. The molecule has 17 heavy (non-hydrogen) atoms. The fourth-order valence-corrected chi connectivity index (χ4v) is 2.15. The van der Waals surface area contributed by atoms with Crippen molar-refractivity contribution in [1.82, 2.24) is 4.98 Å². The van der Waals surface area contributed by atoms with E-state index >= 15 is 0 Å². The molecule has 2 aromatic rings. The Morgan fingerprint density at radius 1 is 1.24 bits per heavy atom. The maximum Gasteiger partial charge on any atom is 0.138 e. The van der Waals surface area contributed by atoms with E-state index in [2.05, 4.69) is 4.98 Å². The molecule has 1 saturated heterocycles. The minimum atomic E-state index is -0.166. The number of rotatable bonds is 1. The molecule has 0 radical (unpaired) electrons. The molecule has 0 saturated carbocycles. The summed E-state index contributed by atoms with van der Waals surface area (Å²) in [6, 6.07) is 10.1. The van der Waals surface area contributed by atoms with Crippen LogP contribution >= 0.6 is 0 Å². The predicted molar refractivity (Wildman–Crippen MR) is 64.7 cm³/mol. The minimum Gasteiger partial charge on any atom is -0.371 e. The van der Waals surface area contributed by atoms with Gasteiger partial charge in [0, 0.05) is 24.4 Å². The molecular weight excluding hydrogens is 214 g/mol. The average Bonchev–Trinajstić information content (AvgIpc) is 2.38. The Labute approximate surface area is 99.4 Å². The average molecular weight is 227 g/mol. The first kappa shape index (κ1) is 10.4. The highest BCUT2D eigenvalue weighted by molar-refractivity contribution is 5.82. The van der Waals surface area contributed by atoms with E-state index in [1.807, 2.05) is 36.5 Å². The predicted octanol–water partition coefficient (Wildman–Crippen LogP) is 2.66. The molecule has 3 heteroatoms. The highest BCUT2D eigenvalue weighted by Gasteiger charge is 2.22. The van der Waals surface area contributed by atoms with Crippen molar-refractivity contribution in [2.75, 3.05) is 6.61 Å². The van der Waals surface area contributed by atoms with Crippen molar-refractivity contribution in [2.45, 2.75) is 18.9 Å². The number of nitrogens with zero attached hydrogens (tertiary/aromatic N) is 1. The summed E-state index contributed by atoms with van der Waals surface area (Å²) < 4.78 is 5.60. The summed E-state index contributed by atoms with van der Waals surface area (Å²) in [4.78, 5) is 15.8. The van der Waals surface area contributed by atoms with E-state index in [1.54, 1.807) is 0 Å². The highest BCUT2D eigenvalue weighted by atomic mass is 16.5. The third-order valence-electron chi connectivity index (χ3n) is 3.09. The molecule has 1 aliphatic rings. The maximum atomic E-state index is 11.4. The molecule has 3 nitrogen and oxygen atoms in total. The normalized spacial score (nSPS) is 20.7. The van der Waals surface area contributed by atoms with Crippen LogP contribution in [0.4, 0.5) is 0 Å². The molecule has 1 unspecified atom stereocenters. The van der Waals surface area contributed by atoms with Crippen LogP contribution in [0.15, 0.2) is 36.5 Å². The van der Waals surface area contributed by atoms with Gasteiger partial charge in [-0.2, -0.15) is 0 Å². The Kier molecular flexibility index (Phi) is 2.61. The zero-order valence-electron chi connectivity index (χ0n) is 9.43. The summed E-state index contributed by atoms with van der Waals surface area (Å²) in [6.07, 6.45) is 2.66. The van der Waals surface area contributed by atoms with E-state index in [9.17, 15) is 4.79 Å². The van der Waals surface area contributed by atoms with Gasteiger partial charge < -0.3 is 4.74 Å². The van der Waals surface area contributed by atoms with Crippen molar-refractivity contribution in [2.24, 2.45) is 0 Å². The SMILES string of the molecule is O=C1CCOC(c2cc3ccccc3cn2)C1. The van der Waals surface area contributed by atoms with Gasteiger partial charge in [-0.05, 0) is 11.5 Å². The van der Waals surface area contributed by atoms with E-state index in [4.69, 9.17) is 4.74 Å². The lowest BCUT2D eigenvalue weighted by atomic mass is 10.0. The van der Waals surface area contributed by atoms with Gasteiger partial charge in [0.2, 0.25) is 0 Å². The Morgan fingerprint density at radius 2 is 2.06 bits per heavy atom. The van der Waals surface area contributed by atoms with Crippen LogP contribution in [0.3, 0.4) is 0 Å². The largest absolute Gasteiger partial charge is 0.371 e. The number of ether oxygens (including phenoxy) is 1. The molecule has 2 heterocycles. The molecule has 0 aliphatic carbocycles. The molecule has 1 aromatic heterocycles. The van der Waals surface area contributed by atoms with Crippen LogP contribution in [-0.4, -0.2) is 17.4 Å². The van der Waals surface area contributed by atoms with Crippen LogP contribution in [0.25, 0.3) is 10.8 Å². The topological polar surface area (TPSA) is 39.2 Å². The van der Waals surface area contributed by atoms with Crippen molar-refractivity contribution in [3.8, 4) is 0 Å². The molecule has 1 fully saturated rings. The Bertz CT molecular complexity index is 565. The van der Waals surface area contributed by atoms with Gasteiger partial charge in [-0.15, -0.1) is 0 Å². The fraction of sp³-hybridized carbons (Fsp3) is 0.286. The van der Waals surface area contributed by atoms with Crippen LogP contribution in [0, 0.1) is 0 Å². The number of hydrogen-bond donors (Lipinski definition) is 0. The lowest BCUT2D eigenvalue weighted by Crippen LogP contribution is -2.20. The molecule has 1 atom stereocenters. The van der Waals surface area contributed by atoms with Gasteiger partial charge in [-0.3, -0.25) is 9.78 Å². The number of aromatic nitrogens is 1. The molecule has 0 spiro atoms. The second-order valence-corrected chi connectivity index (χ2v) is 4.31. The molecule has 0 N–H and O–H groups in total. The van der Waals surface area contributed by atoms with Crippen LogP contribution in [-0.2, 0) is 9.53 Å². The fourth-order valence-electron chi connectivity index (χ4n) is 2.15. The standard InChI is InChI=1S/C14H13NO2/c16-12-5-6-17-14(8-12)13-7-10-3-1-2-4-11(10)9-15-13/h1-4,7,9,14H,5-6,8H2. The Hall–Kier alpha value is -1.74. The van der Waals surface area contributed by atoms with Gasteiger partial charge in [0.25, 0.3) is 0 Å². The monoisotopic (exact) mass is 227 g/mol. The van der Waals surface area contributed by atoms with E-state index in [0.717, 1.165) is 16.5 Å². The van der Waals surface area contributed by atoms with Crippen molar-refractivity contribution in [3.63, 3.8) is 0 Å². The zero-order chi connectivity index (χ0) is 11.7. The van der Waals surface area contributed by atoms with E-state index in [1.165, 1.54) is 0 Å². The summed E-state index contributed by atoms with van der Waals surface area (Å²) in [5, 5.41) is 2.25. The summed E-state index contributed by atoms with van der Waals surface area (Å²) in [7, 11) is 0. The number of pyridine rings is 1. The first-order valence-corrected chi connectivity index (χ1v) is 5.81. The van der Waals surface area contributed by atoms with Crippen LogP contribution in [0.5, 0.6) is 0 Å². The number of hydrogen-bond acceptors (Lipinski definition) is 3. The van der Waals surface area contributed by atoms with Crippen LogP contribution < -0.4 is 0 Å². The molecule has 3 rings (SSSR count). The lowest BCUT2D eigenvalue weighted by molar-refractivity contribution is -0.128. The second-order valence-electron chi connectivity index (χ2n) is 4.31. The molecule has 86 valence electrons. The Balaban J connectivity index is 1.97. The van der Waals surface area contributed by atoms with E-state index in [-0.39, 0.29) is 11.9 Å². The molecule has 0 bridgehead atoms. The summed E-state index contributed by atoms with van der Waals surface area (Å²) in [6.45, 7) is 0.512. The van der Waals surface area contributed by atoms with Crippen molar-refractivity contribution >= 4 is 16.6 Å². The second kappa shape index (κ2) is 4.26. The van der Waals surface area contributed by atoms with Crippen LogP contribution in [0.2, 0.25) is 0 Å². The minimum absolute atomic E-state index is 0.166. The lowest BCUT2D eigenvalue weighted by Gasteiger charge is -2.21. The van der Waals surface area contributed by atoms with Crippen LogP contribution in [0.1, 0.15) is 24.6 Å². The quantitative estimate of drug-likeness (QED) is 0.751. The zero-order valence-corrected chi connectivity index (χ0v) is 9.43. The number of fused-ring (bicyclic) bond motifs is 1. The highest BCUT2D eigenvalue weighted by Crippen LogP contribution is 2.26. The van der Waals surface area contributed by atoms with Gasteiger partial charge in [0.15, 0.2) is 0 Å². The number of ketones is 1. The van der Waals surface area contributed by atoms with E-state index < -0.39 is 0 Å². The molecule has 1 aliphatic heterocycles. The summed E-state index contributed by atoms with van der Waals surface area (Å²) in [5.41, 5.74) is 0.858. The van der Waals surface area contributed by atoms with Crippen molar-refractivity contribution in [1.29, 1.82) is 0 Å². The van der Waals surface area contributed by atoms with Gasteiger partial charge in [0.1, 0.15) is 11.9 Å². The smallest absolute Gasteiger partial charge is 0.138 e. The molecule has 1 aromatic carbocycles. The third kappa shape index (κ3) is 2.06. The Morgan fingerprint density at radius 3 is 2.88 bits per heavy atom. The molecule has 0 amide bonds. The van der Waals surface area contributed by atoms with Gasteiger partial charge >= 0.3 is 0 Å². The summed E-state index contributed by atoms with van der Waals surface area (Å²) >= 11 is 0. The van der Waals surface area contributed by atoms with Crippen molar-refractivity contribution < 1.29 is 9.53 Å². The molecular formula is C14H13NO2. The number of carbonyl (C=O) groups excluding carboxylic acids is 1. The number of Topliss-reactive ketones (excluding diaryl/α,β-unsaturated/α-hetero) is 1. The van der Waals surface area contributed by atoms with Gasteiger partial charge in [-0.1, -0.05) is 24.3 Å². The van der Waals surface area contributed by atoms with Gasteiger partial charge in [0.05, 0.1) is 12.3 Å². The summed E-state index contributed by atoms with van der Waals surface area (Å²) in [5.74, 6) is 0.260. The first-order valence-electron chi connectivity index (χ1n) is 5.81. The van der Waals surface area contributed by atoms with E-state index in [0.29, 0.717) is 19.4 Å². The first-order chi connectivity index (χ1) is 8.33. The third-order valence-corrected chi connectivity index (χ3v) is 3.09. The number of carbonyl (C=O) groups is 1. The maximum absolute atomic E-state index is 11.4.